The first kappa shape index (κ1) is 14.7. The second-order valence-electron chi connectivity index (χ2n) is 5.08. The Bertz CT molecular complexity index is 465. The minimum Gasteiger partial charge on any atom is -0.409 e. The lowest BCUT2D eigenvalue weighted by Crippen LogP contribution is -2.51. The van der Waals surface area contributed by atoms with Gasteiger partial charge in [0, 0.05) is 5.56 Å². The van der Waals surface area contributed by atoms with E-state index in [1.54, 1.807) is 23.1 Å². The van der Waals surface area contributed by atoms with Crippen LogP contribution in [0.2, 0.25) is 0 Å². The molecule has 1 aliphatic rings. The highest BCUT2D eigenvalue weighted by molar-refractivity contribution is 5.85. The summed E-state index contributed by atoms with van der Waals surface area (Å²) >= 11 is 0. The summed E-state index contributed by atoms with van der Waals surface area (Å²) in [5, 5.41) is 11.7. The number of rotatable bonds is 4. The van der Waals surface area contributed by atoms with E-state index < -0.39 is 18.5 Å². The first-order valence-corrected chi connectivity index (χ1v) is 6.69. The molecule has 1 atom stereocenters. The Balaban J connectivity index is 2.14. The highest BCUT2D eigenvalue weighted by Crippen LogP contribution is 2.31. The molecule has 0 aliphatic carbocycles. The van der Waals surface area contributed by atoms with Crippen molar-refractivity contribution >= 4 is 5.84 Å². The van der Waals surface area contributed by atoms with Crippen LogP contribution in [0.25, 0.3) is 0 Å². The van der Waals surface area contributed by atoms with E-state index in [1.807, 2.05) is 0 Å². The summed E-state index contributed by atoms with van der Waals surface area (Å²) in [6, 6.07) is 7.33. The van der Waals surface area contributed by atoms with Gasteiger partial charge < -0.3 is 10.9 Å². The van der Waals surface area contributed by atoms with Gasteiger partial charge in [-0.05, 0) is 19.4 Å². The summed E-state index contributed by atoms with van der Waals surface area (Å²) in [5.74, 6) is -2.94. The Morgan fingerprint density at radius 2 is 2.05 bits per heavy atom. The van der Waals surface area contributed by atoms with E-state index in [1.165, 1.54) is 12.1 Å². The zero-order chi connectivity index (χ0) is 14.6. The molecule has 0 saturated carbocycles. The van der Waals surface area contributed by atoms with Crippen LogP contribution in [0.3, 0.4) is 0 Å². The van der Waals surface area contributed by atoms with Gasteiger partial charge in [0.25, 0.3) is 5.92 Å². The third kappa shape index (κ3) is 3.25. The number of halogens is 2. The van der Waals surface area contributed by atoms with Gasteiger partial charge in [0.2, 0.25) is 0 Å². The quantitative estimate of drug-likeness (QED) is 0.386. The Labute approximate surface area is 116 Å². The van der Waals surface area contributed by atoms with E-state index in [9.17, 15) is 8.78 Å². The molecular weight excluding hydrogens is 264 g/mol. The third-order valence-electron chi connectivity index (χ3n) is 3.67. The minimum atomic E-state index is -2.95. The molecule has 0 radical (unpaired) electrons. The molecule has 0 spiro atoms. The monoisotopic (exact) mass is 283 g/mol. The lowest BCUT2D eigenvalue weighted by molar-refractivity contribution is -0.0474. The Morgan fingerprint density at radius 1 is 1.35 bits per heavy atom. The third-order valence-corrected chi connectivity index (χ3v) is 3.67. The summed E-state index contributed by atoms with van der Waals surface area (Å²) in [4.78, 5) is 1.60. The molecule has 0 amide bonds. The molecular formula is C14H19F2N3O. The fourth-order valence-corrected chi connectivity index (χ4v) is 2.61. The number of alkyl halides is 2. The van der Waals surface area contributed by atoms with Gasteiger partial charge in [-0.3, -0.25) is 4.90 Å². The summed E-state index contributed by atoms with van der Waals surface area (Å²) in [6.07, 6.45) is 2.38. The Hall–Kier alpha value is -1.69. The molecule has 1 aromatic rings. The molecule has 1 unspecified atom stereocenters. The van der Waals surface area contributed by atoms with Crippen LogP contribution < -0.4 is 5.73 Å². The molecule has 20 heavy (non-hydrogen) atoms. The van der Waals surface area contributed by atoms with Crippen molar-refractivity contribution in [1.82, 2.24) is 4.90 Å². The Morgan fingerprint density at radius 3 is 2.70 bits per heavy atom. The van der Waals surface area contributed by atoms with Crippen LogP contribution in [0.15, 0.2) is 35.5 Å². The van der Waals surface area contributed by atoms with E-state index in [2.05, 4.69) is 5.16 Å². The maximum absolute atomic E-state index is 14.3. The van der Waals surface area contributed by atoms with E-state index in [-0.39, 0.29) is 11.4 Å². The number of hydrogen-bond acceptors (Lipinski definition) is 3. The van der Waals surface area contributed by atoms with Crippen molar-refractivity contribution in [2.75, 3.05) is 13.1 Å². The van der Waals surface area contributed by atoms with Gasteiger partial charge >= 0.3 is 0 Å². The standard InChI is InChI=1S/C14H19F2N3O/c15-14(16,11-6-2-1-3-7-11)10-19-9-5-4-8-12(19)13(17)18-20/h1-3,6-7,12,20H,4-5,8-10H2,(H2,17,18). The van der Waals surface area contributed by atoms with E-state index in [0.29, 0.717) is 13.0 Å². The van der Waals surface area contributed by atoms with Gasteiger partial charge in [-0.15, -0.1) is 0 Å². The first-order valence-electron chi connectivity index (χ1n) is 6.69. The second-order valence-corrected chi connectivity index (χ2v) is 5.08. The summed E-state index contributed by atoms with van der Waals surface area (Å²) in [5.41, 5.74) is 5.60. The lowest BCUT2D eigenvalue weighted by Gasteiger charge is -2.36. The van der Waals surface area contributed by atoms with Crippen LogP contribution in [-0.2, 0) is 5.92 Å². The first-order chi connectivity index (χ1) is 9.54. The maximum Gasteiger partial charge on any atom is 0.285 e. The number of likely N-dealkylation sites (tertiary alicyclic amines) is 1. The van der Waals surface area contributed by atoms with E-state index >= 15 is 0 Å². The molecule has 1 heterocycles. The molecule has 1 aromatic carbocycles. The number of benzene rings is 1. The molecule has 2 rings (SSSR count). The van der Waals surface area contributed by atoms with Crippen LogP contribution >= 0.6 is 0 Å². The zero-order valence-electron chi connectivity index (χ0n) is 11.2. The van der Waals surface area contributed by atoms with Crippen molar-refractivity contribution in [3.8, 4) is 0 Å². The average Bonchev–Trinajstić information content (AvgIpc) is 2.47. The SMILES string of the molecule is N/C(=N/O)C1CCCCN1CC(F)(F)c1ccccc1. The highest BCUT2D eigenvalue weighted by atomic mass is 19.3. The normalized spacial score (nSPS) is 21.9. The molecule has 1 fully saturated rings. The predicted octanol–water partition coefficient (Wildman–Crippen LogP) is 2.38. The number of nitrogens with zero attached hydrogens (tertiary/aromatic N) is 2. The van der Waals surface area contributed by atoms with E-state index in [4.69, 9.17) is 10.9 Å². The molecule has 1 saturated heterocycles. The van der Waals surface area contributed by atoms with Gasteiger partial charge in [0.05, 0.1) is 12.6 Å². The smallest absolute Gasteiger partial charge is 0.285 e. The molecule has 6 heteroatoms. The van der Waals surface area contributed by atoms with Gasteiger partial charge in [-0.1, -0.05) is 41.9 Å². The van der Waals surface area contributed by atoms with Crippen molar-refractivity contribution in [1.29, 1.82) is 0 Å². The fourth-order valence-electron chi connectivity index (χ4n) is 2.61. The number of amidine groups is 1. The summed E-state index contributed by atoms with van der Waals surface area (Å²) in [6.45, 7) is 0.112. The number of oxime groups is 1. The van der Waals surface area contributed by atoms with Crippen LogP contribution in [0.1, 0.15) is 24.8 Å². The second kappa shape index (κ2) is 6.17. The average molecular weight is 283 g/mol. The topological polar surface area (TPSA) is 61.9 Å². The molecule has 110 valence electrons. The molecule has 0 bridgehead atoms. The largest absolute Gasteiger partial charge is 0.409 e. The van der Waals surface area contributed by atoms with Crippen LogP contribution in [0.4, 0.5) is 8.78 Å². The fraction of sp³-hybridized carbons (Fsp3) is 0.500. The maximum atomic E-state index is 14.3. The number of piperidine rings is 1. The van der Waals surface area contributed by atoms with Crippen molar-refractivity contribution in [2.24, 2.45) is 10.9 Å². The molecule has 1 aliphatic heterocycles. The van der Waals surface area contributed by atoms with Crippen LogP contribution in [0.5, 0.6) is 0 Å². The van der Waals surface area contributed by atoms with Crippen molar-refractivity contribution in [3.63, 3.8) is 0 Å². The van der Waals surface area contributed by atoms with E-state index in [0.717, 1.165) is 12.8 Å². The number of hydrogen-bond donors (Lipinski definition) is 2. The Kier molecular flexibility index (Phi) is 4.54. The van der Waals surface area contributed by atoms with Crippen molar-refractivity contribution in [3.05, 3.63) is 35.9 Å². The van der Waals surface area contributed by atoms with Crippen LogP contribution in [-0.4, -0.2) is 35.1 Å². The zero-order valence-corrected chi connectivity index (χ0v) is 11.2. The van der Waals surface area contributed by atoms with Gasteiger partial charge in [-0.25, -0.2) is 0 Å². The lowest BCUT2D eigenvalue weighted by atomic mass is 9.99. The minimum absolute atomic E-state index is 0.00793. The predicted molar refractivity (Wildman–Crippen MR) is 73.0 cm³/mol. The van der Waals surface area contributed by atoms with Gasteiger partial charge in [0.1, 0.15) is 0 Å². The molecule has 0 aromatic heterocycles. The van der Waals surface area contributed by atoms with Crippen LogP contribution in [0, 0.1) is 0 Å². The van der Waals surface area contributed by atoms with Gasteiger partial charge in [0.15, 0.2) is 5.84 Å². The van der Waals surface area contributed by atoms with Crippen molar-refractivity contribution < 1.29 is 14.0 Å². The summed E-state index contributed by atoms with van der Waals surface area (Å²) < 4.78 is 28.6. The number of nitrogens with two attached hydrogens (primary N) is 1. The molecule has 4 nitrogen and oxygen atoms in total. The van der Waals surface area contributed by atoms with Crippen molar-refractivity contribution in [2.45, 2.75) is 31.2 Å². The molecule has 3 N–H and O–H groups in total. The van der Waals surface area contributed by atoms with Gasteiger partial charge in [-0.2, -0.15) is 8.78 Å². The highest BCUT2D eigenvalue weighted by Gasteiger charge is 2.38. The summed E-state index contributed by atoms with van der Waals surface area (Å²) in [7, 11) is 0.